The quantitative estimate of drug-likeness (QED) is 0.375. The van der Waals surface area contributed by atoms with Crippen LogP contribution in [0.15, 0.2) is 46.1 Å². The molecule has 1 aliphatic heterocycles. The number of thioether (sulfide) groups is 1. The van der Waals surface area contributed by atoms with Gasteiger partial charge in [0.15, 0.2) is 0 Å². The molecule has 2 aromatic carbocycles. The maximum atomic E-state index is 13.5. The third-order valence-electron chi connectivity index (χ3n) is 5.94. The fourth-order valence-corrected chi connectivity index (χ4v) is 5.28. The minimum absolute atomic E-state index is 0.0367. The first-order valence-corrected chi connectivity index (χ1v) is 12.7. The van der Waals surface area contributed by atoms with Crippen molar-refractivity contribution in [1.82, 2.24) is 9.88 Å². The van der Waals surface area contributed by atoms with Gasteiger partial charge in [0.1, 0.15) is 11.5 Å². The van der Waals surface area contributed by atoms with E-state index in [-0.39, 0.29) is 49.2 Å². The van der Waals surface area contributed by atoms with Gasteiger partial charge >= 0.3 is 6.18 Å². The van der Waals surface area contributed by atoms with Crippen LogP contribution in [0.25, 0.3) is 22.0 Å². The molecule has 0 unspecified atom stereocenters. The number of alkyl halides is 3. The number of morpholine rings is 1. The van der Waals surface area contributed by atoms with Gasteiger partial charge in [0.2, 0.25) is 0 Å². The number of benzene rings is 2. The molecule has 192 valence electrons. The third kappa shape index (κ3) is 6.23. The molecule has 1 fully saturated rings. The van der Waals surface area contributed by atoms with Gasteiger partial charge in [-0.2, -0.15) is 13.2 Å². The van der Waals surface area contributed by atoms with Gasteiger partial charge in [-0.25, -0.2) is 0 Å². The molecule has 2 heterocycles. The van der Waals surface area contributed by atoms with Crippen LogP contribution in [0, 0.1) is 0 Å². The maximum absolute atomic E-state index is 13.5. The summed E-state index contributed by atoms with van der Waals surface area (Å²) in [7, 11) is 0. The Morgan fingerprint density at radius 1 is 1.17 bits per heavy atom. The van der Waals surface area contributed by atoms with Gasteiger partial charge < -0.3 is 14.8 Å². The second kappa shape index (κ2) is 11.2. The number of phenols is 1. The average molecular weight is 541 g/mol. The van der Waals surface area contributed by atoms with Crippen molar-refractivity contribution >= 4 is 40.0 Å². The highest BCUT2D eigenvalue weighted by atomic mass is 35.5. The number of aromatic nitrogens is 1. The molecule has 2 N–H and O–H groups in total. The van der Waals surface area contributed by atoms with E-state index in [1.54, 1.807) is 0 Å². The Kier molecular flexibility index (Phi) is 8.29. The fourth-order valence-electron chi connectivity index (χ4n) is 4.11. The number of pyridine rings is 1. The largest absolute Gasteiger partial charge is 0.507 e. The highest BCUT2D eigenvalue weighted by Gasteiger charge is 2.31. The number of aromatic amines is 1. The number of fused-ring (bicyclic) bond motifs is 1. The van der Waals surface area contributed by atoms with Crippen molar-refractivity contribution in [3.63, 3.8) is 0 Å². The van der Waals surface area contributed by atoms with E-state index in [9.17, 15) is 27.9 Å². The summed E-state index contributed by atoms with van der Waals surface area (Å²) in [5.41, 5.74) is -1.09. The van der Waals surface area contributed by atoms with Crippen LogP contribution in [-0.4, -0.2) is 59.4 Å². The molecule has 36 heavy (non-hydrogen) atoms. The zero-order chi connectivity index (χ0) is 25.9. The van der Waals surface area contributed by atoms with Gasteiger partial charge in [-0.15, -0.1) is 11.8 Å². The number of nitrogens with one attached hydrogen (secondary N) is 1. The van der Waals surface area contributed by atoms with E-state index in [0.29, 0.717) is 26.1 Å². The number of H-pyrrole nitrogens is 1. The van der Waals surface area contributed by atoms with Crippen LogP contribution in [0.1, 0.15) is 18.4 Å². The molecule has 0 saturated carbocycles. The van der Waals surface area contributed by atoms with Crippen LogP contribution in [-0.2, 0) is 15.7 Å². The number of carbonyl (C=O) groups excluding carboxylic acids is 1. The van der Waals surface area contributed by atoms with Gasteiger partial charge in [-0.3, -0.25) is 14.5 Å². The van der Waals surface area contributed by atoms with Crippen molar-refractivity contribution in [2.45, 2.75) is 23.9 Å². The average Bonchev–Trinajstić information content (AvgIpc) is 2.84. The van der Waals surface area contributed by atoms with Crippen LogP contribution in [0.4, 0.5) is 13.2 Å². The second-order valence-corrected chi connectivity index (χ2v) is 9.88. The van der Waals surface area contributed by atoms with E-state index >= 15 is 0 Å². The molecule has 6 nitrogen and oxygen atoms in total. The molecule has 11 heteroatoms. The predicted molar refractivity (Wildman–Crippen MR) is 134 cm³/mol. The number of Topliss-reactive ketones (excluding diaryl/α,β-unsaturated/α-hetero) is 1. The Morgan fingerprint density at radius 3 is 2.64 bits per heavy atom. The first-order valence-electron chi connectivity index (χ1n) is 11.3. The summed E-state index contributed by atoms with van der Waals surface area (Å²) >= 11 is 7.06. The van der Waals surface area contributed by atoms with Crippen LogP contribution in [0.5, 0.6) is 5.75 Å². The van der Waals surface area contributed by atoms with E-state index in [2.05, 4.69) is 9.88 Å². The molecule has 0 aliphatic carbocycles. The van der Waals surface area contributed by atoms with Crippen LogP contribution in [0.2, 0.25) is 5.02 Å². The number of carbonyl (C=O) groups is 1. The number of ether oxygens (including phenoxy) is 1. The van der Waals surface area contributed by atoms with Gasteiger partial charge in [0.25, 0.3) is 5.56 Å². The van der Waals surface area contributed by atoms with Gasteiger partial charge in [-0.05, 0) is 49.4 Å². The third-order valence-corrected chi connectivity index (χ3v) is 7.32. The molecule has 0 atom stereocenters. The van der Waals surface area contributed by atoms with E-state index in [1.807, 2.05) is 0 Å². The Balaban J connectivity index is 1.66. The van der Waals surface area contributed by atoms with Crippen LogP contribution < -0.4 is 5.56 Å². The number of nitrogens with zero attached hydrogens (tertiary/aromatic N) is 1. The first-order chi connectivity index (χ1) is 17.1. The highest BCUT2D eigenvalue weighted by molar-refractivity contribution is 8.00. The first kappa shape index (κ1) is 26.5. The van der Waals surface area contributed by atoms with Gasteiger partial charge in [-0.1, -0.05) is 11.6 Å². The molecule has 0 spiro atoms. The summed E-state index contributed by atoms with van der Waals surface area (Å²) in [6.45, 7) is 3.75. The number of halogens is 4. The number of phenolic OH excluding ortho intramolecular Hbond substituents is 1. The van der Waals surface area contributed by atoms with Crippen molar-refractivity contribution in [3.05, 3.63) is 57.3 Å². The monoisotopic (exact) mass is 540 g/mol. The SMILES string of the molecule is O=C(CCCN1CCOCC1)CSc1c(-c2cc(Cl)ccc2O)c2cc(C(F)(F)F)ccc2[nH]c1=O. The van der Waals surface area contributed by atoms with Crippen molar-refractivity contribution in [1.29, 1.82) is 0 Å². The summed E-state index contributed by atoms with van der Waals surface area (Å²) in [6.07, 6.45) is -3.64. The summed E-state index contributed by atoms with van der Waals surface area (Å²) in [5.74, 6) is -0.370. The van der Waals surface area contributed by atoms with Crippen molar-refractivity contribution in [2.75, 3.05) is 38.6 Å². The van der Waals surface area contributed by atoms with Gasteiger partial charge in [0.05, 0.1) is 29.4 Å². The van der Waals surface area contributed by atoms with Crippen molar-refractivity contribution < 1.29 is 27.8 Å². The molecule has 1 saturated heterocycles. The lowest BCUT2D eigenvalue weighted by atomic mass is 9.98. The zero-order valence-electron chi connectivity index (χ0n) is 19.2. The summed E-state index contributed by atoms with van der Waals surface area (Å²) in [5, 5.41) is 10.8. The predicted octanol–water partition coefficient (Wildman–Crippen LogP) is 5.35. The molecule has 4 rings (SSSR count). The lowest BCUT2D eigenvalue weighted by Crippen LogP contribution is -2.37. The zero-order valence-corrected chi connectivity index (χ0v) is 20.7. The lowest BCUT2D eigenvalue weighted by Gasteiger charge is -2.26. The standard InChI is InChI=1S/C25H24ClF3N2O4S/c26-16-4-6-21(33)19(13-16)22-18-12-15(25(27,28)29)3-5-20(18)30-24(34)23(22)36-14-17(32)2-1-7-31-8-10-35-11-9-31/h3-6,12-13,33H,1-2,7-11,14H2,(H,30,34). The summed E-state index contributed by atoms with van der Waals surface area (Å²) in [6, 6.07) is 7.11. The Morgan fingerprint density at radius 2 is 1.92 bits per heavy atom. The number of aromatic hydroxyl groups is 1. The molecular weight excluding hydrogens is 517 g/mol. The van der Waals surface area contributed by atoms with E-state index in [0.717, 1.165) is 43.5 Å². The van der Waals surface area contributed by atoms with Gasteiger partial charge in [0, 0.05) is 46.6 Å². The smallest absolute Gasteiger partial charge is 0.416 e. The minimum atomic E-state index is -4.61. The fraction of sp³-hybridized carbons (Fsp3) is 0.360. The van der Waals surface area contributed by atoms with E-state index in [1.165, 1.54) is 24.3 Å². The molecule has 0 bridgehead atoms. The Labute approximate surface area is 214 Å². The number of hydrogen-bond acceptors (Lipinski definition) is 6. The molecule has 0 amide bonds. The van der Waals surface area contributed by atoms with Crippen LogP contribution in [0.3, 0.4) is 0 Å². The van der Waals surface area contributed by atoms with Crippen molar-refractivity contribution in [2.24, 2.45) is 0 Å². The van der Waals surface area contributed by atoms with Crippen molar-refractivity contribution in [3.8, 4) is 16.9 Å². The number of hydrogen-bond donors (Lipinski definition) is 2. The molecular formula is C25H24ClF3N2O4S. The van der Waals surface area contributed by atoms with E-state index in [4.69, 9.17) is 16.3 Å². The second-order valence-electron chi connectivity index (χ2n) is 8.46. The molecule has 0 radical (unpaired) electrons. The molecule has 1 aliphatic rings. The van der Waals surface area contributed by atoms with Crippen LogP contribution >= 0.6 is 23.4 Å². The lowest BCUT2D eigenvalue weighted by molar-refractivity contribution is -0.137. The van der Waals surface area contributed by atoms with E-state index < -0.39 is 17.3 Å². The Hall–Kier alpha value is -2.53. The minimum Gasteiger partial charge on any atom is -0.507 e. The maximum Gasteiger partial charge on any atom is 0.416 e. The highest BCUT2D eigenvalue weighted by Crippen LogP contribution is 2.42. The molecule has 3 aromatic rings. The Bertz CT molecular complexity index is 1320. The number of rotatable bonds is 8. The normalized spacial score (nSPS) is 14.9. The number of ketones is 1. The summed E-state index contributed by atoms with van der Waals surface area (Å²) in [4.78, 5) is 30.5. The summed E-state index contributed by atoms with van der Waals surface area (Å²) < 4.78 is 45.7. The topological polar surface area (TPSA) is 82.6 Å². The molecule has 1 aromatic heterocycles.